The normalized spacial score (nSPS) is 13.5. The van der Waals surface area contributed by atoms with Crippen molar-refractivity contribution in [2.45, 2.75) is 12.8 Å². The minimum atomic E-state index is -0.549. The summed E-state index contributed by atoms with van der Waals surface area (Å²) in [6, 6.07) is 10.9. The van der Waals surface area contributed by atoms with Gasteiger partial charge in [-0.25, -0.2) is 4.39 Å². The average molecular weight is 376 g/mol. The molecule has 7 heteroatoms. The average Bonchev–Trinajstić information content (AvgIpc) is 3.17. The molecular weight excluding hydrogens is 357 g/mol. The first-order valence-electron chi connectivity index (χ1n) is 8.41. The van der Waals surface area contributed by atoms with E-state index in [4.69, 9.17) is 11.6 Å². The monoisotopic (exact) mass is 375 g/mol. The molecule has 1 saturated heterocycles. The lowest BCUT2D eigenvalue weighted by Gasteiger charge is -2.15. The number of carbonyl (C=O) groups is 2. The predicted octanol–water partition coefficient (Wildman–Crippen LogP) is 3.77. The number of anilines is 2. The van der Waals surface area contributed by atoms with E-state index in [2.05, 4.69) is 10.6 Å². The van der Waals surface area contributed by atoms with Crippen molar-refractivity contribution in [1.82, 2.24) is 4.90 Å². The highest BCUT2D eigenvalue weighted by Crippen LogP contribution is 2.19. The van der Waals surface area contributed by atoms with Gasteiger partial charge in [-0.2, -0.15) is 0 Å². The van der Waals surface area contributed by atoms with E-state index in [0.717, 1.165) is 25.9 Å². The summed E-state index contributed by atoms with van der Waals surface area (Å²) in [6.45, 7) is 1.57. The largest absolute Gasteiger partial charge is 0.376 e. The number of halogens is 2. The standard InChI is InChI=1S/C19H19ClFN3O2/c20-14-5-8-16(21)17(11-14)23-18(25)12-22-15-6-3-13(4-7-15)19(26)24-9-1-2-10-24/h3-8,11,22H,1-2,9-10,12H2,(H,23,25). The van der Waals surface area contributed by atoms with Crippen molar-refractivity contribution in [2.75, 3.05) is 30.3 Å². The van der Waals surface area contributed by atoms with Crippen molar-refractivity contribution in [2.24, 2.45) is 0 Å². The van der Waals surface area contributed by atoms with E-state index in [1.54, 1.807) is 24.3 Å². The summed E-state index contributed by atoms with van der Waals surface area (Å²) >= 11 is 5.80. The second-order valence-electron chi connectivity index (χ2n) is 6.10. The van der Waals surface area contributed by atoms with Crippen LogP contribution in [0.5, 0.6) is 0 Å². The molecule has 0 unspecified atom stereocenters. The maximum Gasteiger partial charge on any atom is 0.253 e. The van der Waals surface area contributed by atoms with Crippen LogP contribution in [0.25, 0.3) is 0 Å². The molecular formula is C19H19ClFN3O2. The number of amides is 2. The molecule has 136 valence electrons. The van der Waals surface area contributed by atoms with Crippen molar-refractivity contribution in [3.8, 4) is 0 Å². The molecule has 1 aliphatic heterocycles. The zero-order chi connectivity index (χ0) is 18.5. The van der Waals surface area contributed by atoms with E-state index < -0.39 is 11.7 Å². The number of hydrogen-bond acceptors (Lipinski definition) is 3. The van der Waals surface area contributed by atoms with Gasteiger partial charge < -0.3 is 15.5 Å². The van der Waals surface area contributed by atoms with Gasteiger partial charge in [-0.3, -0.25) is 9.59 Å². The summed E-state index contributed by atoms with van der Waals surface area (Å²) in [5.41, 5.74) is 1.36. The topological polar surface area (TPSA) is 61.4 Å². The van der Waals surface area contributed by atoms with E-state index in [0.29, 0.717) is 16.3 Å². The molecule has 2 amide bonds. The zero-order valence-corrected chi connectivity index (χ0v) is 14.9. The lowest BCUT2D eigenvalue weighted by Crippen LogP contribution is -2.27. The Balaban J connectivity index is 1.53. The van der Waals surface area contributed by atoms with Gasteiger partial charge in [0.25, 0.3) is 5.91 Å². The number of carbonyl (C=O) groups excluding carboxylic acids is 2. The Morgan fingerprint density at radius 2 is 1.77 bits per heavy atom. The van der Waals surface area contributed by atoms with Crippen LogP contribution >= 0.6 is 11.6 Å². The minimum absolute atomic E-state index is 0.0308. The third kappa shape index (κ3) is 4.52. The van der Waals surface area contributed by atoms with E-state index in [9.17, 15) is 14.0 Å². The molecule has 2 N–H and O–H groups in total. The summed E-state index contributed by atoms with van der Waals surface area (Å²) in [5.74, 6) is -0.917. The molecule has 0 aromatic heterocycles. The van der Waals surface area contributed by atoms with Crippen LogP contribution in [0.4, 0.5) is 15.8 Å². The first-order valence-corrected chi connectivity index (χ1v) is 8.79. The molecule has 1 fully saturated rings. The number of benzene rings is 2. The fourth-order valence-electron chi connectivity index (χ4n) is 2.80. The van der Waals surface area contributed by atoms with Gasteiger partial charge in [-0.15, -0.1) is 0 Å². The minimum Gasteiger partial charge on any atom is -0.376 e. The molecule has 0 radical (unpaired) electrons. The molecule has 2 aromatic carbocycles. The molecule has 3 rings (SSSR count). The summed E-state index contributed by atoms with van der Waals surface area (Å²) in [4.78, 5) is 26.1. The van der Waals surface area contributed by atoms with Crippen molar-refractivity contribution in [3.63, 3.8) is 0 Å². The van der Waals surface area contributed by atoms with Gasteiger partial charge in [0.2, 0.25) is 5.91 Å². The van der Waals surface area contributed by atoms with Gasteiger partial charge >= 0.3 is 0 Å². The number of nitrogens with zero attached hydrogens (tertiary/aromatic N) is 1. The van der Waals surface area contributed by atoms with Gasteiger partial charge in [0.15, 0.2) is 0 Å². The van der Waals surface area contributed by atoms with Crippen LogP contribution in [0.1, 0.15) is 23.2 Å². The van der Waals surface area contributed by atoms with Gasteiger partial charge in [-0.1, -0.05) is 11.6 Å². The molecule has 0 spiro atoms. The Kier molecular flexibility index (Phi) is 5.73. The van der Waals surface area contributed by atoms with Crippen LogP contribution in [0.2, 0.25) is 5.02 Å². The second-order valence-corrected chi connectivity index (χ2v) is 6.54. The van der Waals surface area contributed by atoms with Crippen molar-refractivity contribution >= 4 is 34.8 Å². The molecule has 1 aliphatic rings. The van der Waals surface area contributed by atoms with Crippen molar-refractivity contribution in [3.05, 3.63) is 58.9 Å². The molecule has 0 aliphatic carbocycles. The number of likely N-dealkylation sites (tertiary alicyclic amines) is 1. The Morgan fingerprint density at radius 3 is 2.46 bits per heavy atom. The zero-order valence-electron chi connectivity index (χ0n) is 14.1. The van der Waals surface area contributed by atoms with E-state index in [-0.39, 0.29) is 18.1 Å². The van der Waals surface area contributed by atoms with E-state index in [1.807, 2.05) is 4.90 Å². The van der Waals surface area contributed by atoms with Gasteiger partial charge in [-0.05, 0) is 55.3 Å². The molecule has 0 saturated carbocycles. The van der Waals surface area contributed by atoms with Crippen LogP contribution in [-0.4, -0.2) is 36.3 Å². The highest BCUT2D eigenvalue weighted by atomic mass is 35.5. The van der Waals surface area contributed by atoms with Gasteiger partial charge in [0.05, 0.1) is 12.2 Å². The lowest BCUT2D eigenvalue weighted by molar-refractivity contribution is -0.114. The van der Waals surface area contributed by atoms with Crippen LogP contribution in [0, 0.1) is 5.82 Å². The number of rotatable bonds is 5. The summed E-state index contributed by atoms with van der Waals surface area (Å²) < 4.78 is 13.6. The third-order valence-corrected chi connectivity index (χ3v) is 4.42. The fourth-order valence-corrected chi connectivity index (χ4v) is 2.98. The van der Waals surface area contributed by atoms with Crippen LogP contribution in [0.15, 0.2) is 42.5 Å². The highest BCUT2D eigenvalue weighted by molar-refractivity contribution is 6.30. The molecule has 1 heterocycles. The fraction of sp³-hybridized carbons (Fsp3) is 0.263. The van der Waals surface area contributed by atoms with E-state index >= 15 is 0 Å². The predicted molar refractivity (Wildman–Crippen MR) is 100 cm³/mol. The third-order valence-electron chi connectivity index (χ3n) is 4.18. The first kappa shape index (κ1) is 18.2. The smallest absolute Gasteiger partial charge is 0.253 e. The lowest BCUT2D eigenvalue weighted by atomic mass is 10.2. The number of nitrogens with one attached hydrogen (secondary N) is 2. The van der Waals surface area contributed by atoms with Crippen molar-refractivity contribution < 1.29 is 14.0 Å². The SMILES string of the molecule is O=C(CNc1ccc(C(=O)N2CCCC2)cc1)Nc1cc(Cl)ccc1F. The van der Waals surface area contributed by atoms with Gasteiger partial charge in [0.1, 0.15) is 5.82 Å². The Morgan fingerprint density at radius 1 is 1.08 bits per heavy atom. The molecule has 26 heavy (non-hydrogen) atoms. The Labute approximate surface area is 156 Å². The molecule has 5 nitrogen and oxygen atoms in total. The van der Waals surface area contributed by atoms with Crippen molar-refractivity contribution in [1.29, 1.82) is 0 Å². The Bertz CT molecular complexity index is 805. The maximum absolute atomic E-state index is 13.6. The maximum atomic E-state index is 13.6. The highest BCUT2D eigenvalue weighted by Gasteiger charge is 2.19. The van der Waals surface area contributed by atoms with E-state index in [1.165, 1.54) is 18.2 Å². The first-order chi connectivity index (χ1) is 12.5. The second kappa shape index (κ2) is 8.19. The van der Waals surface area contributed by atoms with Crippen LogP contribution in [0.3, 0.4) is 0 Å². The van der Waals surface area contributed by atoms with Crippen LogP contribution < -0.4 is 10.6 Å². The number of hydrogen-bond donors (Lipinski definition) is 2. The van der Waals surface area contributed by atoms with Crippen LogP contribution in [-0.2, 0) is 4.79 Å². The summed E-state index contributed by atoms with van der Waals surface area (Å²) in [7, 11) is 0. The molecule has 0 atom stereocenters. The quantitative estimate of drug-likeness (QED) is 0.836. The van der Waals surface area contributed by atoms with Gasteiger partial charge in [0, 0.05) is 29.4 Å². The summed E-state index contributed by atoms with van der Waals surface area (Å²) in [5, 5.41) is 5.75. The molecule has 2 aromatic rings. The summed E-state index contributed by atoms with van der Waals surface area (Å²) in [6.07, 6.45) is 2.10. The molecule has 0 bridgehead atoms. The Hall–Kier alpha value is -2.60.